The summed E-state index contributed by atoms with van der Waals surface area (Å²) in [7, 11) is 0. The Morgan fingerprint density at radius 1 is 1.24 bits per heavy atom. The number of rotatable bonds is 6. The van der Waals surface area contributed by atoms with Crippen LogP contribution in [0.2, 0.25) is 5.02 Å². The predicted octanol–water partition coefficient (Wildman–Crippen LogP) is 5.91. The van der Waals surface area contributed by atoms with Gasteiger partial charge in [-0.15, -0.1) is 0 Å². The molecule has 5 heteroatoms. The van der Waals surface area contributed by atoms with Gasteiger partial charge in [-0.1, -0.05) is 60.7 Å². The monoisotopic (exact) mass is 402 g/mol. The normalized spacial score (nSPS) is 11.0. The van der Waals surface area contributed by atoms with E-state index in [9.17, 15) is 10.1 Å². The average molecular weight is 403 g/mol. The number of nitrogens with one attached hydrogen (secondary N) is 1. The van der Waals surface area contributed by atoms with Gasteiger partial charge in [-0.3, -0.25) is 4.79 Å². The lowest BCUT2D eigenvalue weighted by Gasteiger charge is -2.12. The van der Waals surface area contributed by atoms with Crippen LogP contribution in [0.1, 0.15) is 11.1 Å². The highest BCUT2D eigenvalue weighted by Crippen LogP contribution is 2.30. The highest BCUT2D eigenvalue weighted by molar-refractivity contribution is 6.31. The van der Waals surface area contributed by atoms with E-state index in [4.69, 9.17) is 16.3 Å². The Balaban J connectivity index is 2.02. The van der Waals surface area contributed by atoms with E-state index in [0.29, 0.717) is 28.6 Å². The molecule has 0 aliphatic rings. The predicted molar refractivity (Wildman–Crippen MR) is 118 cm³/mol. The Bertz CT molecular complexity index is 1160. The number of ether oxygens (including phenoxy) is 1. The van der Waals surface area contributed by atoms with Crippen LogP contribution in [0.15, 0.2) is 72.8 Å². The zero-order chi connectivity index (χ0) is 20.8. The molecule has 29 heavy (non-hydrogen) atoms. The van der Waals surface area contributed by atoms with Gasteiger partial charge in [0.2, 0.25) is 0 Å². The zero-order valence-corrected chi connectivity index (χ0v) is 16.7. The van der Waals surface area contributed by atoms with Gasteiger partial charge in [-0.25, -0.2) is 0 Å². The van der Waals surface area contributed by atoms with Gasteiger partial charge in [-0.05, 0) is 47.5 Å². The Morgan fingerprint density at radius 3 is 2.76 bits per heavy atom. The van der Waals surface area contributed by atoms with Crippen molar-refractivity contribution in [2.75, 3.05) is 11.9 Å². The summed E-state index contributed by atoms with van der Waals surface area (Å²) in [6, 6.07) is 18.7. The highest BCUT2D eigenvalue weighted by atomic mass is 35.5. The minimum atomic E-state index is -0.518. The lowest BCUT2D eigenvalue weighted by Crippen LogP contribution is -2.13. The van der Waals surface area contributed by atoms with E-state index in [1.807, 2.05) is 49.4 Å². The first-order chi connectivity index (χ1) is 14.0. The molecule has 0 radical (unpaired) electrons. The van der Waals surface area contributed by atoms with Crippen molar-refractivity contribution in [3.05, 3.63) is 89.0 Å². The summed E-state index contributed by atoms with van der Waals surface area (Å²) < 4.78 is 5.75. The number of anilines is 1. The summed E-state index contributed by atoms with van der Waals surface area (Å²) in [5, 5.41) is 14.7. The first kappa shape index (κ1) is 20.2. The minimum absolute atomic E-state index is 0.0403. The van der Waals surface area contributed by atoms with Crippen LogP contribution < -0.4 is 10.1 Å². The Labute approximate surface area is 174 Å². The molecule has 0 aromatic heterocycles. The molecule has 0 aliphatic heterocycles. The molecule has 0 atom stereocenters. The fraction of sp³-hybridized carbons (Fsp3) is 0.0833. The van der Waals surface area contributed by atoms with Crippen LogP contribution >= 0.6 is 11.6 Å². The molecule has 0 unspecified atom stereocenters. The molecule has 4 nitrogen and oxygen atoms in total. The van der Waals surface area contributed by atoms with Crippen LogP contribution in [-0.2, 0) is 4.79 Å². The summed E-state index contributed by atoms with van der Waals surface area (Å²) in [5.74, 6) is 0.0533. The van der Waals surface area contributed by atoms with Crippen molar-refractivity contribution in [2.24, 2.45) is 0 Å². The lowest BCUT2D eigenvalue weighted by atomic mass is 10.0. The highest BCUT2D eigenvalue weighted by Gasteiger charge is 2.14. The number of benzene rings is 3. The fourth-order valence-corrected chi connectivity index (χ4v) is 3.04. The summed E-state index contributed by atoms with van der Waals surface area (Å²) >= 11 is 6.12. The molecule has 0 spiro atoms. The molecule has 1 N–H and O–H groups in total. The minimum Gasteiger partial charge on any atom is -0.489 e. The molecule has 0 saturated carbocycles. The third-order valence-corrected chi connectivity index (χ3v) is 4.78. The van der Waals surface area contributed by atoms with E-state index in [1.165, 1.54) is 0 Å². The van der Waals surface area contributed by atoms with Crippen LogP contribution in [0.4, 0.5) is 5.69 Å². The molecule has 0 heterocycles. The second kappa shape index (κ2) is 9.09. The number of amides is 1. The quantitative estimate of drug-likeness (QED) is 0.316. The van der Waals surface area contributed by atoms with Gasteiger partial charge in [0, 0.05) is 16.3 Å². The van der Waals surface area contributed by atoms with E-state index < -0.39 is 5.91 Å². The maximum absolute atomic E-state index is 12.7. The van der Waals surface area contributed by atoms with Gasteiger partial charge in [0.05, 0.1) is 0 Å². The molecule has 3 aromatic carbocycles. The third-order valence-electron chi connectivity index (χ3n) is 4.37. The maximum Gasteiger partial charge on any atom is 0.266 e. The van der Waals surface area contributed by atoms with Crippen LogP contribution in [-0.4, -0.2) is 12.5 Å². The van der Waals surface area contributed by atoms with Crippen LogP contribution in [0.25, 0.3) is 16.8 Å². The first-order valence-corrected chi connectivity index (χ1v) is 9.36. The second-order valence-corrected chi connectivity index (χ2v) is 6.79. The molecule has 0 saturated heterocycles. The smallest absolute Gasteiger partial charge is 0.266 e. The Kier molecular flexibility index (Phi) is 6.33. The van der Waals surface area contributed by atoms with Crippen molar-refractivity contribution in [1.29, 1.82) is 5.26 Å². The molecule has 3 rings (SSSR count). The lowest BCUT2D eigenvalue weighted by molar-refractivity contribution is -0.112. The first-order valence-electron chi connectivity index (χ1n) is 8.98. The van der Waals surface area contributed by atoms with E-state index in [-0.39, 0.29) is 5.57 Å². The number of nitrogens with zero attached hydrogens (tertiary/aromatic N) is 1. The van der Waals surface area contributed by atoms with Crippen LogP contribution in [0.3, 0.4) is 0 Å². The largest absolute Gasteiger partial charge is 0.489 e. The van der Waals surface area contributed by atoms with Crippen molar-refractivity contribution in [2.45, 2.75) is 6.92 Å². The van der Waals surface area contributed by atoms with Crippen LogP contribution in [0, 0.1) is 18.3 Å². The average Bonchev–Trinajstić information content (AvgIpc) is 2.73. The number of nitriles is 1. The summed E-state index contributed by atoms with van der Waals surface area (Å²) in [6.45, 7) is 5.85. The zero-order valence-electron chi connectivity index (χ0n) is 15.9. The van der Waals surface area contributed by atoms with Crippen molar-refractivity contribution >= 4 is 40.0 Å². The van der Waals surface area contributed by atoms with E-state index in [0.717, 1.165) is 16.3 Å². The molecule has 0 fully saturated rings. The molecule has 144 valence electrons. The summed E-state index contributed by atoms with van der Waals surface area (Å²) in [4.78, 5) is 12.7. The number of halogens is 1. The van der Waals surface area contributed by atoms with Gasteiger partial charge in [0.25, 0.3) is 5.91 Å². The molecule has 0 aliphatic carbocycles. The fourth-order valence-electron chi connectivity index (χ4n) is 2.86. The SMILES string of the molecule is C=CCOc1ccc2ccccc2c1/C=C(\C#N)C(=O)Nc1ccc(C)c(Cl)c1. The number of aryl methyl sites for hydroxylation is 1. The van der Waals surface area contributed by atoms with E-state index >= 15 is 0 Å². The van der Waals surface area contributed by atoms with Gasteiger partial charge in [0.1, 0.15) is 24.0 Å². The molecule has 3 aromatic rings. The number of hydrogen-bond acceptors (Lipinski definition) is 3. The van der Waals surface area contributed by atoms with Crippen molar-refractivity contribution in [1.82, 2.24) is 0 Å². The standard InChI is InChI=1S/C24H19ClN2O2/c1-3-12-29-23-11-9-17-6-4-5-7-20(17)21(23)13-18(15-26)24(28)27-19-10-8-16(2)22(25)14-19/h3-11,13-14H,1,12H2,2H3,(H,27,28)/b18-13+. The topological polar surface area (TPSA) is 62.1 Å². The summed E-state index contributed by atoms with van der Waals surface area (Å²) in [5.41, 5.74) is 2.05. The van der Waals surface area contributed by atoms with Crippen molar-refractivity contribution in [3.63, 3.8) is 0 Å². The number of fused-ring (bicyclic) bond motifs is 1. The summed E-state index contributed by atoms with van der Waals surface area (Å²) in [6.07, 6.45) is 3.19. The van der Waals surface area contributed by atoms with Crippen LogP contribution in [0.5, 0.6) is 5.75 Å². The third kappa shape index (κ3) is 4.66. The molecule has 0 bridgehead atoms. The van der Waals surface area contributed by atoms with Crippen molar-refractivity contribution in [3.8, 4) is 11.8 Å². The molecule has 1 amide bonds. The molecular weight excluding hydrogens is 384 g/mol. The van der Waals surface area contributed by atoms with Gasteiger partial charge >= 0.3 is 0 Å². The van der Waals surface area contributed by atoms with E-state index in [2.05, 4.69) is 11.9 Å². The maximum atomic E-state index is 12.7. The Morgan fingerprint density at radius 2 is 2.03 bits per heavy atom. The second-order valence-electron chi connectivity index (χ2n) is 6.39. The van der Waals surface area contributed by atoms with Gasteiger partial charge in [-0.2, -0.15) is 5.26 Å². The number of carbonyl (C=O) groups is 1. The number of hydrogen-bond donors (Lipinski definition) is 1. The van der Waals surface area contributed by atoms with Crippen molar-refractivity contribution < 1.29 is 9.53 Å². The number of carbonyl (C=O) groups excluding carboxylic acids is 1. The van der Waals surface area contributed by atoms with E-state index in [1.54, 1.807) is 30.4 Å². The van der Waals surface area contributed by atoms with Gasteiger partial charge < -0.3 is 10.1 Å². The molecular formula is C24H19ClN2O2. The Hall–Kier alpha value is -3.55. The van der Waals surface area contributed by atoms with Gasteiger partial charge in [0.15, 0.2) is 0 Å².